The van der Waals surface area contributed by atoms with E-state index in [0.717, 1.165) is 78.1 Å². The molecule has 0 unspecified atom stereocenters. The van der Waals surface area contributed by atoms with E-state index in [0.29, 0.717) is 5.71 Å². The van der Waals surface area contributed by atoms with Gasteiger partial charge in [0.05, 0.1) is 36.2 Å². The maximum atomic E-state index is 8.01. The number of aromatic nitrogens is 4. The second kappa shape index (κ2) is 16.7. The Kier molecular flexibility index (Phi) is 11.4. The summed E-state index contributed by atoms with van der Waals surface area (Å²) in [6.07, 6.45) is 2.00. The molecule has 299 valence electrons. The second-order valence-corrected chi connectivity index (χ2v) is 22.3. The zero-order valence-electron chi connectivity index (χ0n) is 36.2. The van der Waals surface area contributed by atoms with Crippen molar-refractivity contribution in [2.75, 3.05) is 0 Å². The number of nitrogens with zero attached hydrogens (tertiary/aromatic N) is 4. The molecular formula is C52H50IrN4OSi-2. The molecule has 0 atom stereocenters. The minimum Gasteiger partial charge on any atom is -0.486 e. The average molecular weight is 968 g/mol. The monoisotopic (exact) mass is 968 g/mol. The standard InChI is InChI=1S/C35H28N3O.C17H22NSi.Ir/c1-22-20-21-26-25-15-10-16-27(32(25)39-34(26)36-22)33-37-29-18-8-9-19-30(29)38(33)31-24(23-12-6-5-7-13-23)14-11-17-28(31)35(2,3)4;1-13(2)14-6-8-15(9-7-14)17-11-10-16(12-18-17)19(3,4)5;/h5-15,17-21H,1-4H3;6-8,10-13H,1-5H3;/q2*-1;/i;13D;. The quantitative estimate of drug-likeness (QED) is 0.123. The van der Waals surface area contributed by atoms with Gasteiger partial charge in [-0.15, -0.1) is 53.6 Å². The number of fused-ring (bicyclic) bond motifs is 4. The van der Waals surface area contributed by atoms with Crippen LogP contribution in [0.2, 0.25) is 19.6 Å². The van der Waals surface area contributed by atoms with E-state index in [1.807, 2.05) is 69.4 Å². The molecule has 0 bridgehead atoms. The molecule has 59 heavy (non-hydrogen) atoms. The van der Waals surface area contributed by atoms with Crippen molar-refractivity contribution < 1.29 is 25.9 Å². The molecule has 0 aliphatic rings. The van der Waals surface area contributed by atoms with Gasteiger partial charge in [0, 0.05) is 44.3 Å². The van der Waals surface area contributed by atoms with E-state index in [9.17, 15) is 0 Å². The molecule has 0 amide bonds. The Balaban J connectivity index is 0.000000220. The number of pyridine rings is 2. The normalized spacial score (nSPS) is 12.3. The Bertz CT molecular complexity index is 2880. The van der Waals surface area contributed by atoms with Crippen molar-refractivity contribution in [2.24, 2.45) is 0 Å². The van der Waals surface area contributed by atoms with Gasteiger partial charge in [0.1, 0.15) is 0 Å². The summed E-state index contributed by atoms with van der Waals surface area (Å²) in [4.78, 5) is 14.4. The maximum absolute atomic E-state index is 8.01. The van der Waals surface area contributed by atoms with Crippen LogP contribution < -0.4 is 5.19 Å². The summed E-state index contributed by atoms with van der Waals surface area (Å²) in [7, 11) is -1.29. The van der Waals surface area contributed by atoms with Crippen LogP contribution in [0.5, 0.6) is 0 Å². The molecule has 0 saturated heterocycles. The van der Waals surface area contributed by atoms with Gasteiger partial charge in [0.2, 0.25) is 5.71 Å². The van der Waals surface area contributed by atoms with Gasteiger partial charge < -0.3 is 14.0 Å². The van der Waals surface area contributed by atoms with Crippen LogP contribution in [-0.2, 0) is 25.5 Å². The summed E-state index contributed by atoms with van der Waals surface area (Å²) in [6, 6.07) is 50.5. The van der Waals surface area contributed by atoms with Crippen molar-refractivity contribution in [3.63, 3.8) is 0 Å². The molecular weight excluding hydrogens is 917 g/mol. The van der Waals surface area contributed by atoms with Crippen LogP contribution in [0.4, 0.5) is 0 Å². The Morgan fingerprint density at radius 3 is 2.22 bits per heavy atom. The van der Waals surface area contributed by atoms with Crippen molar-refractivity contribution in [2.45, 2.75) is 72.5 Å². The summed E-state index contributed by atoms with van der Waals surface area (Å²) in [6.45, 7) is 19.5. The molecule has 4 heterocycles. The molecule has 0 N–H and O–H groups in total. The number of hydrogen-bond donors (Lipinski definition) is 0. The fourth-order valence-electron chi connectivity index (χ4n) is 7.43. The SMILES string of the molecule is Cc1ccc2c(n1)oc1c(-c3nc4ccccc4n3-c3c(-c4ccccc4)cccc3C(C)(C)C)[c-]ccc12.[2H]C(C)(C)c1c[c-]c(-c2ccc([Si](C)(C)C)cn2)cc1.[Ir]. The molecule has 9 rings (SSSR count). The number of rotatable bonds is 6. The zero-order chi connectivity index (χ0) is 41.7. The average Bonchev–Trinajstić information content (AvgIpc) is 3.78. The number of aryl methyl sites for hydroxylation is 1. The Labute approximate surface area is 364 Å². The Hall–Kier alpha value is -5.46. The Morgan fingerprint density at radius 2 is 1.54 bits per heavy atom. The molecule has 0 saturated carbocycles. The molecule has 0 aliphatic heterocycles. The van der Waals surface area contributed by atoms with Gasteiger partial charge in [0.15, 0.2) is 0 Å². The number of furan rings is 1. The van der Waals surface area contributed by atoms with Gasteiger partial charge >= 0.3 is 0 Å². The molecule has 0 aliphatic carbocycles. The third kappa shape index (κ3) is 8.38. The largest absolute Gasteiger partial charge is 0.486 e. The predicted octanol–water partition coefficient (Wildman–Crippen LogP) is 13.3. The minimum absolute atomic E-state index is 0. The van der Waals surface area contributed by atoms with E-state index in [-0.39, 0.29) is 25.5 Å². The molecule has 4 aromatic heterocycles. The molecule has 7 heteroatoms. The van der Waals surface area contributed by atoms with Crippen molar-refractivity contribution in [3.8, 4) is 39.5 Å². The Morgan fingerprint density at radius 1 is 0.780 bits per heavy atom. The van der Waals surface area contributed by atoms with E-state index in [1.165, 1.54) is 10.8 Å². The minimum atomic E-state index is -1.29. The molecule has 5 aromatic carbocycles. The van der Waals surface area contributed by atoms with Crippen LogP contribution >= 0.6 is 0 Å². The van der Waals surface area contributed by atoms with E-state index in [4.69, 9.17) is 10.8 Å². The number of para-hydroxylation sites is 3. The van der Waals surface area contributed by atoms with Crippen LogP contribution in [-0.4, -0.2) is 27.6 Å². The van der Waals surface area contributed by atoms with Gasteiger partial charge in [-0.25, -0.2) is 4.98 Å². The van der Waals surface area contributed by atoms with E-state index >= 15 is 0 Å². The summed E-state index contributed by atoms with van der Waals surface area (Å²) < 4.78 is 16.7. The van der Waals surface area contributed by atoms with Gasteiger partial charge in [-0.3, -0.25) is 4.98 Å². The van der Waals surface area contributed by atoms with Crippen LogP contribution in [0.1, 0.15) is 58.7 Å². The summed E-state index contributed by atoms with van der Waals surface area (Å²) in [5.74, 6) is 0.218. The molecule has 5 nitrogen and oxygen atoms in total. The van der Waals surface area contributed by atoms with Crippen LogP contribution in [0, 0.1) is 19.1 Å². The van der Waals surface area contributed by atoms with Crippen molar-refractivity contribution in [3.05, 3.63) is 163 Å². The zero-order valence-corrected chi connectivity index (χ0v) is 38.6. The number of benzene rings is 5. The first-order valence-electron chi connectivity index (χ1n) is 20.4. The first-order chi connectivity index (χ1) is 28.1. The topological polar surface area (TPSA) is 56.7 Å². The van der Waals surface area contributed by atoms with Crippen molar-refractivity contribution >= 4 is 46.4 Å². The van der Waals surface area contributed by atoms with Gasteiger partial charge in [-0.1, -0.05) is 144 Å². The van der Waals surface area contributed by atoms with Crippen LogP contribution in [0.15, 0.2) is 138 Å². The number of imidazole rings is 1. The molecule has 1 radical (unpaired) electrons. The van der Waals surface area contributed by atoms with Gasteiger partial charge in [0.25, 0.3) is 0 Å². The number of hydrogen-bond acceptors (Lipinski definition) is 4. The van der Waals surface area contributed by atoms with Crippen LogP contribution in [0.25, 0.3) is 72.6 Å². The fourth-order valence-corrected chi connectivity index (χ4v) is 8.47. The predicted molar refractivity (Wildman–Crippen MR) is 245 cm³/mol. The molecule has 9 aromatic rings. The van der Waals surface area contributed by atoms with E-state index < -0.39 is 14.0 Å². The molecule has 0 fully saturated rings. The van der Waals surface area contributed by atoms with E-state index in [1.54, 1.807) is 0 Å². The third-order valence-electron chi connectivity index (χ3n) is 10.7. The summed E-state index contributed by atoms with van der Waals surface area (Å²) >= 11 is 0. The van der Waals surface area contributed by atoms with E-state index in [2.05, 4.69) is 152 Å². The van der Waals surface area contributed by atoms with Crippen molar-refractivity contribution in [1.29, 1.82) is 0 Å². The first kappa shape index (κ1) is 40.3. The van der Waals surface area contributed by atoms with Gasteiger partial charge in [-0.05, 0) is 58.6 Å². The summed E-state index contributed by atoms with van der Waals surface area (Å²) in [5.41, 5.74) is 12.5. The van der Waals surface area contributed by atoms with Crippen molar-refractivity contribution in [1.82, 2.24) is 19.5 Å². The van der Waals surface area contributed by atoms with Crippen LogP contribution in [0.3, 0.4) is 0 Å². The smallest absolute Gasteiger partial charge is 0.216 e. The molecule has 0 spiro atoms. The third-order valence-corrected chi connectivity index (χ3v) is 12.7. The maximum Gasteiger partial charge on any atom is 0.216 e. The van der Waals surface area contributed by atoms with Gasteiger partial charge in [-0.2, -0.15) is 0 Å². The summed E-state index contributed by atoms with van der Waals surface area (Å²) in [5, 5.41) is 3.37. The first-order valence-corrected chi connectivity index (χ1v) is 23.4. The fraction of sp³-hybridized carbons (Fsp3) is 0.212. The second-order valence-electron chi connectivity index (χ2n) is 17.3.